The lowest BCUT2D eigenvalue weighted by Gasteiger charge is -2.07. The average molecular weight is 386 g/mol. The summed E-state index contributed by atoms with van der Waals surface area (Å²) in [6.07, 6.45) is 0.148. The Balaban J connectivity index is 1.82. The van der Waals surface area contributed by atoms with E-state index >= 15 is 0 Å². The summed E-state index contributed by atoms with van der Waals surface area (Å²) in [5, 5.41) is 13.9. The van der Waals surface area contributed by atoms with E-state index in [9.17, 15) is 9.59 Å². The third kappa shape index (κ3) is 5.86. The number of nitrogens with zero attached hydrogens (tertiary/aromatic N) is 1. The summed E-state index contributed by atoms with van der Waals surface area (Å²) in [5.74, 6) is -0.396. The van der Waals surface area contributed by atoms with Gasteiger partial charge in [0.1, 0.15) is 6.42 Å². The summed E-state index contributed by atoms with van der Waals surface area (Å²) in [6, 6.07) is 16.5. The second-order valence-corrected chi connectivity index (χ2v) is 6.08. The van der Waals surface area contributed by atoms with E-state index in [-0.39, 0.29) is 18.2 Å². The highest BCUT2D eigenvalue weighted by Gasteiger charge is 2.05. The van der Waals surface area contributed by atoms with Gasteiger partial charge in [0.15, 0.2) is 0 Å². The fourth-order valence-corrected chi connectivity index (χ4v) is 2.53. The van der Waals surface area contributed by atoms with Gasteiger partial charge < -0.3 is 10.6 Å². The summed E-state index contributed by atoms with van der Waals surface area (Å²) in [5.41, 5.74) is 2.49. The molecule has 0 spiro atoms. The van der Waals surface area contributed by atoms with Gasteiger partial charge in [-0.3, -0.25) is 9.59 Å². The highest BCUT2D eigenvalue weighted by atomic mass is 79.9. The van der Waals surface area contributed by atoms with Gasteiger partial charge in [0, 0.05) is 16.7 Å². The molecule has 0 aliphatic rings. The number of carbonyl (C=O) groups is 2. The lowest BCUT2D eigenvalue weighted by molar-refractivity contribution is -0.120. The summed E-state index contributed by atoms with van der Waals surface area (Å²) in [7, 11) is 0. The number of nitrogens with one attached hydrogen (secondary N) is 2. The first-order valence-electron chi connectivity index (χ1n) is 7.33. The van der Waals surface area contributed by atoms with Crippen LogP contribution >= 0.6 is 15.9 Å². The smallest absolute Gasteiger partial charge is 0.238 e. The number of halogens is 1. The van der Waals surface area contributed by atoms with E-state index in [1.165, 1.54) is 0 Å². The predicted octanol–water partition coefficient (Wildman–Crippen LogP) is 3.16. The quantitative estimate of drug-likeness (QED) is 0.800. The molecule has 122 valence electrons. The van der Waals surface area contributed by atoms with Gasteiger partial charge >= 0.3 is 0 Å². The number of benzene rings is 2. The Morgan fingerprint density at radius 1 is 1.04 bits per heavy atom. The number of hydrogen-bond acceptors (Lipinski definition) is 3. The van der Waals surface area contributed by atoms with Crippen LogP contribution in [0.4, 0.5) is 5.69 Å². The fourth-order valence-electron chi connectivity index (χ4n) is 2.08. The molecule has 0 aliphatic carbocycles. The Kier molecular flexibility index (Phi) is 6.52. The van der Waals surface area contributed by atoms with Crippen molar-refractivity contribution in [1.82, 2.24) is 5.32 Å². The number of rotatable bonds is 6. The summed E-state index contributed by atoms with van der Waals surface area (Å²) in [4.78, 5) is 23.3. The van der Waals surface area contributed by atoms with E-state index < -0.39 is 0 Å². The highest BCUT2D eigenvalue weighted by Crippen LogP contribution is 2.12. The molecule has 5 nitrogen and oxygen atoms in total. The molecule has 0 radical (unpaired) electrons. The van der Waals surface area contributed by atoms with E-state index in [1.54, 1.807) is 18.2 Å². The van der Waals surface area contributed by atoms with Crippen molar-refractivity contribution in [3.63, 3.8) is 0 Å². The zero-order valence-electron chi connectivity index (χ0n) is 12.9. The van der Waals surface area contributed by atoms with Gasteiger partial charge in [-0.2, -0.15) is 5.26 Å². The van der Waals surface area contributed by atoms with Crippen LogP contribution in [0.3, 0.4) is 0 Å². The Bertz CT molecular complexity index is 767. The number of anilines is 1. The Hall–Kier alpha value is -2.65. The standard InChI is InChI=1S/C18H16BrN3O2/c19-15-3-1-2-14(10-15)11-18(24)21-12-13-4-6-16(7-5-13)22-17(23)8-9-20/h1-7,10H,8,11-12H2,(H,21,24)(H,22,23). The lowest BCUT2D eigenvalue weighted by Crippen LogP contribution is -2.24. The van der Waals surface area contributed by atoms with Crippen molar-refractivity contribution in [2.45, 2.75) is 19.4 Å². The van der Waals surface area contributed by atoms with E-state index in [1.807, 2.05) is 36.4 Å². The van der Waals surface area contributed by atoms with Crippen LogP contribution in [0.1, 0.15) is 17.5 Å². The molecule has 2 aromatic carbocycles. The van der Waals surface area contributed by atoms with E-state index in [2.05, 4.69) is 26.6 Å². The maximum absolute atomic E-state index is 12.0. The zero-order valence-corrected chi connectivity index (χ0v) is 14.5. The van der Waals surface area contributed by atoms with E-state index in [0.29, 0.717) is 18.7 Å². The van der Waals surface area contributed by atoms with Crippen LogP contribution in [0, 0.1) is 11.3 Å². The molecule has 0 aromatic heterocycles. The van der Waals surface area contributed by atoms with Crippen molar-refractivity contribution >= 4 is 33.4 Å². The molecular formula is C18H16BrN3O2. The molecule has 0 atom stereocenters. The first kappa shape index (κ1) is 17.7. The molecule has 0 bridgehead atoms. The van der Waals surface area contributed by atoms with Gasteiger partial charge in [0.2, 0.25) is 11.8 Å². The Morgan fingerprint density at radius 3 is 2.46 bits per heavy atom. The van der Waals surface area contributed by atoms with Crippen molar-refractivity contribution in [3.05, 3.63) is 64.1 Å². The lowest BCUT2D eigenvalue weighted by atomic mass is 10.1. The van der Waals surface area contributed by atoms with Crippen molar-refractivity contribution in [1.29, 1.82) is 5.26 Å². The topological polar surface area (TPSA) is 82.0 Å². The second-order valence-electron chi connectivity index (χ2n) is 5.16. The Labute approximate surface area is 148 Å². The molecular weight excluding hydrogens is 370 g/mol. The molecule has 2 aromatic rings. The third-order valence-corrected chi connectivity index (χ3v) is 3.71. The van der Waals surface area contributed by atoms with Crippen molar-refractivity contribution < 1.29 is 9.59 Å². The molecule has 0 unspecified atom stereocenters. The molecule has 24 heavy (non-hydrogen) atoms. The van der Waals surface area contributed by atoms with E-state index in [4.69, 9.17) is 5.26 Å². The largest absolute Gasteiger partial charge is 0.352 e. The highest BCUT2D eigenvalue weighted by molar-refractivity contribution is 9.10. The Morgan fingerprint density at radius 2 is 1.79 bits per heavy atom. The minimum atomic E-state index is -0.340. The fraction of sp³-hybridized carbons (Fsp3) is 0.167. The first-order chi connectivity index (χ1) is 11.6. The molecule has 0 saturated heterocycles. The summed E-state index contributed by atoms with van der Waals surface area (Å²) in [6.45, 7) is 0.416. The van der Waals surface area contributed by atoms with Gasteiger partial charge in [-0.1, -0.05) is 40.2 Å². The van der Waals surface area contributed by atoms with Gasteiger partial charge in [-0.15, -0.1) is 0 Å². The summed E-state index contributed by atoms with van der Waals surface area (Å²) < 4.78 is 0.946. The minimum absolute atomic E-state index is 0.0560. The molecule has 2 N–H and O–H groups in total. The number of hydrogen-bond donors (Lipinski definition) is 2. The van der Waals surface area contributed by atoms with Crippen molar-refractivity contribution in [2.75, 3.05) is 5.32 Å². The average Bonchev–Trinajstić information content (AvgIpc) is 2.54. The first-order valence-corrected chi connectivity index (χ1v) is 8.13. The normalized spacial score (nSPS) is 9.83. The SMILES string of the molecule is N#CCC(=O)Nc1ccc(CNC(=O)Cc2cccc(Br)c2)cc1. The molecule has 0 fully saturated rings. The van der Waals surface area contributed by atoms with Crippen molar-refractivity contribution in [2.24, 2.45) is 0 Å². The van der Waals surface area contributed by atoms with Crippen molar-refractivity contribution in [3.8, 4) is 6.07 Å². The van der Waals surface area contributed by atoms with Crippen LogP contribution in [0.2, 0.25) is 0 Å². The van der Waals surface area contributed by atoms with Crippen LogP contribution in [0.15, 0.2) is 53.0 Å². The number of nitriles is 1. The monoisotopic (exact) mass is 385 g/mol. The second kappa shape index (κ2) is 8.85. The third-order valence-electron chi connectivity index (χ3n) is 3.22. The van der Waals surface area contributed by atoms with Gasteiger partial charge in [0.05, 0.1) is 12.5 Å². The van der Waals surface area contributed by atoms with E-state index in [0.717, 1.165) is 15.6 Å². The maximum atomic E-state index is 12.0. The number of amides is 2. The molecule has 0 saturated carbocycles. The van der Waals surface area contributed by atoms with Gasteiger partial charge in [-0.25, -0.2) is 0 Å². The van der Waals surface area contributed by atoms with Crippen LogP contribution in [0.5, 0.6) is 0 Å². The molecule has 6 heteroatoms. The van der Waals surface area contributed by atoms with Gasteiger partial charge in [-0.05, 0) is 35.4 Å². The molecule has 2 amide bonds. The summed E-state index contributed by atoms with van der Waals surface area (Å²) >= 11 is 3.38. The van der Waals surface area contributed by atoms with Crippen LogP contribution in [-0.4, -0.2) is 11.8 Å². The predicted molar refractivity (Wildman–Crippen MR) is 95.0 cm³/mol. The maximum Gasteiger partial charge on any atom is 0.238 e. The van der Waals surface area contributed by atoms with Crippen LogP contribution in [-0.2, 0) is 22.6 Å². The zero-order chi connectivity index (χ0) is 17.4. The molecule has 2 rings (SSSR count). The minimum Gasteiger partial charge on any atom is -0.352 e. The number of carbonyl (C=O) groups excluding carboxylic acids is 2. The molecule has 0 aliphatic heterocycles. The van der Waals surface area contributed by atoms with Crippen LogP contribution in [0.25, 0.3) is 0 Å². The van der Waals surface area contributed by atoms with Gasteiger partial charge in [0.25, 0.3) is 0 Å². The van der Waals surface area contributed by atoms with Crippen LogP contribution < -0.4 is 10.6 Å². The molecule has 0 heterocycles.